The predicted octanol–water partition coefficient (Wildman–Crippen LogP) is 4.13. The number of nitrogens with zero attached hydrogens (tertiary/aromatic N) is 2. The van der Waals surface area contributed by atoms with Crippen molar-refractivity contribution < 1.29 is 4.42 Å². The highest BCUT2D eigenvalue weighted by Gasteiger charge is 2.10. The minimum atomic E-state index is 0.331. The van der Waals surface area contributed by atoms with E-state index in [1.807, 2.05) is 36.5 Å². The van der Waals surface area contributed by atoms with E-state index in [0.29, 0.717) is 12.5 Å². The Hall–Kier alpha value is -2.60. The SMILES string of the molecule is Cc1cnc(C(C)CNC(=NCc2ccccc2)NCCc2ccco2)s1. The van der Waals surface area contributed by atoms with Crippen molar-refractivity contribution in [2.45, 2.75) is 32.7 Å². The van der Waals surface area contributed by atoms with E-state index in [9.17, 15) is 0 Å². The number of aryl methyl sites for hydroxylation is 1. The molecule has 0 spiro atoms. The number of furan rings is 1. The molecule has 142 valence electrons. The maximum Gasteiger partial charge on any atom is 0.191 e. The Bertz CT molecular complexity index is 827. The van der Waals surface area contributed by atoms with Crippen molar-refractivity contribution >= 4 is 17.3 Å². The third-order valence-electron chi connectivity index (χ3n) is 4.14. The molecule has 5 nitrogen and oxygen atoms in total. The fraction of sp³-hybridized carbons (Fsp3) is 0.333. The average Bonchev–Trinajstić information content (AvgIpc) is 3.36. The maximum atomic E-state index is 5.40. The molecule has 0 saturated heterocycles. The lowest BCUT2D eigenvalue weighted by atomic mass is 10.2. The molecule has 6 heteroatoms. The molecule has 3 rings (SSSR count). The molecular weight excluding hydrogens is 356 g/mol. The van der Waals surface area contributed by atoms with Crippen LogP contribution in [0.3, 0.4) is 0 Å². The van der Waals surface area contributed by atoms with Crippen molar-refractivity contribution in [1.29, 1.82) is 0 Å². The summed E-state index contributed by atoms with van der Waals surface area (Å²) in [5.74, 6) is 2.11. The van der Waals surface area contributed by atoms with Crippen LogP contribution in [-0.2, 0) is 13.0 Å². The number of nitrogens with one attached hydrogen (secondary N) is 2. The van der Waals surface area contributed by atoms with Crippen LogP contribution < -0.4 is 10.6 Å². The van der Waals surface area contributed by atoms with Crippen LogP contribution in [0, 0.1) is 6.92 Å². The molecule has 0 aliphatic heterocycles. The summed E-state index contributed by atoms with van der Waals surface area (Å²) in [5.41, 5.74) is 1.19. The second-order valence-corrected chi connectivity index (χ2v) is 7.76. The van der Waals surface area contributed by atoms with Crippen LogP contribution in [0.2, 0.25) is 0 Å². The molecule has 3 aromatic rings. The molecule has 0 bridgehead atoms. The van der Waals surface area contributed by atoms with Gasteiger partial charge in [0.2, 0.25) is 0 Å². The number of benzene rings is 1. The van der Waals surface area contributed by atoms with Gasteiger partial charge in [0.1, 0.15) is 5.76 Å². The quantitative estimate of drug-likeness (QED) is 0.454. The van der Waals surface area contributed by atoms with Crippen molar-refractivity contribution in [2.24, 2.45) is 4.99 Å². The van der Waals surface area contributed by atoms with Gasteiger partial charge in [-0.25, -0.2) is 9.98 Å². The van der Waals surface area contributed by atoms with Crippen LogP contribution in [0.4, 0.5) is 0 Å². The molecule has 0 aliphatic carbocycles. The van der Waals surface area contributed by atoms with Crippen molar-refractivity contribution in [3.05, 3.63) is 76.1 Å². The highest BCUT2D eigenvalue weighted by atomic mass is 32.1. The lowest BCUT2D eigenvalue weighted by molar-refractivity contribution is 0.506. The fourth-order valence-electron chi connectivity index (χ4n) is 2.62. The molecule has 1 unspecified atom stereocenters. The Kier molecular flexibility index (Phi) is 7.04. The Morgan fingerprint density at radius 2 is 2.04 bits per heavy atom. The number of thiazole rings is 1. The molecule has 0 amide bonds. The normalized spacial score (nSPS) is 12.7. The van der Waals surface area contributed by atoms with E-state index in [1.165, 1.54) is 10.4 Å². The van der Waals surface area contributed by atoms with E-state index in [2.05, 4.69) is 41.6 Å². The zero-order valence-electron chi connectivity index (χ0n) is 15.8. The molecular formula is C21H26N4OS. The first-order valence-corrected chi connectivity index (χ1v) is 10.0. The summed E-state index contributed by atoms with van der Waals surface area (Å²) < 4.78 is 5.40. The molecule has 27 heavy (non-hydrogen) atoms. The Balaban J connectivity index is 1.57. The predicted molar refractivity (Wildman–Crippen MR) is 111 cm³/mol. The van der Waals surface area contributed by atoms with E-state index in [-0.39, 0.29) is 0 Å². The summed E-state index contributed by atoms with van der Waals surface area (Å²) in [4.78, 5) is 10.5. The van der Waals surface area contributed by atoms with E-state index in [1.54, 1.807) is 17.6 Å². The van der Waals surface area contributed by atoms with Gasteiger partial charge in [0, 0.05) is 36.5 Å². The minimum absolute atomic E-state index is 0.331. The van der Waals surface area contributed by atoms with Crippen molar-refractivity contribution in [2.75, 3.05) is 13.1 Å². The van der Waals surface area contributed by atoms with Crippen molar-refractivity contribution in [3.8, 4) is 0 Å². The second-order valence-electron chi connectivity index (χ2n) is 6.50. The van der Waals surface area contributed by atoms with Crippen molar-refractivity contribution in [3.63, 3.8) is 0 Å². The van der Waals surface area contributed by atoms with E-state index in [0.717, 1.165) is 36.2 Å². The maximum absolute atomic E-state index is 5.40. The summed E-state index contributed by atoms with van der Waals surface area (Å²) in [5, 5.41) is 8.01. The largest absolute Gasteiger partial charge is 0.469 e. The van der Waals surface area contributed by atoms with Crippen LogP contribution in [-0.4, -0.2) is 24.0 Å². The van der Waals surface area contributed by atoms with E-state index >= 15 is 0 Å². The van der Waals surface area contributed by atoms with Crippen LogP contribution >= 0.6 is 11.3 Å². The summed E-state index contributed by atoms with van der Waals surface area (Å²) in [7, 11) is 0. The summed E-state index contributed by atoms with van der Waals surface area (Å²) in [6, 6.07) is 14.2. The molecule has 0 fully saturated rings. The van der Waals surface area contributed by atoms with Gasteiger partial charge in [-0.1, -0.05) is 37.3 Å². The van der Waals surface area contributed by atoms with E-state index < -0.39 is 0 Å². The van der Waals surface area contributed by atoms with E-state index in [4.69, 9.17) is 9.41 Å². The smallest absolute Gasteiger partial charge is 0.191 e. The molecule has 1 aromatic carbocycles. The van der Waals surface area contributed by atoms with Gasteiger partial charge in [0.05, 0.1) is 17.8 Å². The second kappa shape index (κ2) is 9.92. The molecule has 0 radical (unpaired) electrons. The van der Waals surface area contributed by atoms with Crippen LogP contribution in [0.5, 0.6) is 0 Å². The molecule has 2 heterocycles. The zero-order chi connectivity index (χ0) is 18.9. The average molecular weight is 383 g/mol. The zero-order valence-corrected chi connectivity index (χ0v) is 16.6. The third-order valence-corrected chi connectivity index (χ3v) is 5.29. The number of aliphatic imine (C=N–C) groups is 1. The number of hydrogen-bond acceptors (Lipinski definition) is 4. The van der Waals surface area contributed by atoms with Gasteiger partial charge in [-0.05, 0) is 24.6 Å². The Labute approximate surface area is 164 Å². The van der Waals surface area contributed by atoms with Crippen LogP contribution in [0.1, 0.15) is 34.1 Å². The molecule has 2 aromatic heterocycles. The summed E-state index contributed by atoms with van der Waals surface area (Å²) in [6.07, 6.45) is 4.46. The van der Waals surface area contributed by atoms with Gasteiger partial charge < -0.3 is 15.1 Å². The van der Waals surface area contributed by atoms with Gasteiger partial charge in [0.15, 0.2) is 5.96 Å². The summed E-state index contributed by atoms with van der Waals surface area (Å²) >= 11 is 1.75. The first kappa shape index (κ1) is 19.2. The lowest BCUT2D eigenvalue weighted by Gasteiger charge is -2.15. The molecule has 1 atom stereocenters. The van der Waals surface area contributed by atoms with Gasteiger partial charge in [-0.15, -0.1) is 11.3 Å². The third kappa shape index (κ3) is 6.25. The standard InChI is InChI=1S/C21H26N4OS/c1-16(20-23-14-17(2)27-20)13-24-21(22-11-10-19-9-6-12-26-19)25-15-18-7-4-3-5-8-18/h3-9,12,14,16H,10-11,13,15H2,1-2H3,(H2,22,24,25). The van der Waals surface area contributed by atoms with Crippen LogP contribution in [0.25, 0.3) is 0 Å². The fourth-order valence-corrected chi connectivity index (χ4v) is 3.45. The number of hydrogen-bond donors (Lipinski definition) is 2. The van der Waals surface area contributed by atoms with Gasteiger partial charge in [-0.3, -0.25) is 0 Å². The van der Waals surface area contributed by atoms with Crippen molar-refractivity contribution in [1.82, 2.24) is 15.6 Å². The summed E-state index contributed by atoms with van der Waals surface area (Å²) in [6.45, 7) is 6.46. The molecule has 0 saturated carbocycles. The monoisotopic (exact) mass is 382 g/mol. The molecule has 2 N–H and O–H groups in total. The first-order chi connectivity index (χ1) is 13.2. The minimum Gasteiger partial charge on any atom is -0.469 e. The van der Waals surface area contributed by atoms with Crippen LogP contribution in [0.15, 0.2) is 64.3 Å². The number of aromatic nitrogens is 1. The molecule has 0 aliphatic rings. The Morgan fingerprint density at radius 1 is 1.19 bits per heavy atom. The topological polar surface area (TPSA) is 62.5 Å². The number of guanidine groups is 1. The van der Waals surface area contributed by atoms with Gasteiger partial charge >= 0.3 is 0 Å². The first-order valence-electron chi connectivity index (χ1n) is 9.21. The van der Waals surface area contributed by atoms with Gasteiger partial charge in [0.25, 0.3) is 0 Å². The highest BCUT2D eigenvalue weighted by Crippen LogP contribution is 2.20. The Morgan fingerprint density at radius 3 is 2.74 bits per heavy atom. The highest BCUT2D eigenvalue weighted by molar-refractivity contribution is 7.11. The number of rotatable bonds is 8. The van der Waals surface area contributed by atoms with Gasteiger partial charge in [-0.2, -0.15) is 0 Å². The lowest BCUT2D eigenvalue weighted by Crippen LogP contribution is -2.40.